The molecule has 0 atom stereocenters. The monoisotopic (exact) mass is 272 g/mol. The van der Waals surface area contributed by atoms with Gasteiger partial charge < -0.3 is 10.2 Å². The minimum atomic E-state index is -4.47. The molecule has 1 aromatic rings. The van der Waals surface area contributed by atoms with E-state index in [-0.39, 0.29) is 17.2 Å². The molecular weight excluding hydrogens is 257 g/mol. The molecule has 1 heterocycles. The van der Waals surface area contributed by atoms with E-state index in [1.54, 1.807) is 4.90 Å². The summed E-state index contributed by atoms with van der Waals surface area (Å²) < 4.78 is 38.7. The highest BCUT2D eigenvalue weighted by atomic mass is 19.4. The zero-order valence-corrected chi connectivity index (χ0v) is 10.5. The fourth-order valence-electron chi connectivity index (χ4n) is 2.23. The highest BCUT2D eigenvalue weighted by molar-refractivity contribution is 5.95. The van der Waals surface area contributed by atoms with Crippen LogP contribution in [0, 0.1) is 0 Å². The van der Waals surface area contributed by atoms with Crippen molar-refractivity contribution in [3.05, 3.63) is 29.3 Å². The van der Waals surface area contributed by atoms with E-state index in [4.69, 9.17) is 0 Å². The molecule has 1 amide bonds. The number of rotatable bonds is 2. The van der Waals surface area contributed by atoms with Crippen LogP contribution in [0.1, 0.15) is 28.8 Å². The van der Waals surface area contributed by atoms with Crippen LogP contribution in [0.2, 0.25) is 0 Å². The van der Waals surface area contributed by atoms with E-state index >= 15 is 0 Å². The summed E-state index contributed by atoms with van der Waals surface area (Å²) in [6.45, 7) is 1.24. The Morgan fingerprint density at radius 3 is 2.42 bits per heavy atom. The molecule has 3 nitrogen and oxygen atoms in total. The highest BCUT2D eigenvalue weighted by Crippen LogP contribution is 2.35. The number of carbonyl (C=O) groups excluding carboxylic acids is 1. The minimum Gasteiger partial charge on any atom is -0.388 e. The Kier molecular flexibility index (Phi) is 3.68. The molecule has 0 spiro atoms. The van der Waals surface area contributed by atoms with Gasteiger partial charge in [-0.1, -0.05) is 0 Å². The molecule has 6 heteroatoms. The summed E-state index contributed by atoms with van der Waals surface area (Å²) in [6.07, 6.45) is -2.65. The first-order chi connectivity index (χ1) is 8.93. The summed E-state index contributed by atoms with van der Waals surface area (Å²) in [5, 5.41) is 2.49. The molecule has 1 aliphatic heterocycles. The van der Waals surface area contributed by atoms with E-state index in [1.165, 1.54) is 19.2 Å². The lowest BCUT2D eigenvalue weighted by atomic mass is 10.1. The molecule has 1 aliphatic rings. The molecule has 0 radical (unpaired) electrons. The first kappa shape index (κ1) is 13.7. The maximum atomic E-state index is 12.9. The molecule has 1 fully saturated rings. The van der Waals surface area contributed by atoms with E-state index in [1.807, 2.05) is 0 Å². The number of nitrogens with one attached hydrogen (secondary N) is 1. The summed E-state index contributed by atoms with van der Waals surface area (Å²) >= 11 is 0. The molecule has 0 aliphatic carbocycles. The standard InChI is InChI=1S/C13H15F3N2O/c1-17-11-5-4-9(8-10(11)13(14,15)16)12(19)18-6-2-3-7-18/h4-5,8,17H,2-3,6-7H2,1H3. The number of hydrogen-bond acceptors (Lipinski definition) is 2. The van der Waals surface area contributed by atoms with E-state index in [9.17, 15) is 18.0 Å². The second-order valence-corrected chi connectivity index (χ2v) is 4.51. The van der Waals surface area contributed by atoms with Gasteiger partial charge >= 0.3 is 6.18 Å². The van der Waals surface area contributed by atoms with Crippen LogP contribution in [-0.2, 0) is 6.18 Å². The van der Waals surface area contributed by atoms with Crippen LogP contribution >= 0.6 is 0 Å². The van der Waals surface area contributed by atoms with Crippen LogP contribution in [0.25, 0.3) is 0 Å². The second kappa shape index (κ2) is 5.11. The third-order valence-electron chi connectivity index (χ3n) is 3.23. The van der Waals surface area contributed by atoms with Crippen LogP contribution in [0.4, 0.5) is 18.9 Å². The lowest BCUT2D eigenvalue weighted by molar-refractivity contribution is -0.136. The fraction of sp³-hybridized carbons (Fsp3) is 0.462. The van der Waals surface area contributed by atoms with Gasteiger partial charge in [-0.2, -0.15) is 13.2 Å². The molecular formula is C13H15F3N2O. The van der Waals surface area contributed by atoms with Crippen LogP contribution in [0.3, 0.4) is 0 Å². The molecule has 0 aromatic heterocycles. The third kappa shape index (κ3) is 2.83. The number of halogens is 3. The first-order valence-electron chi connectivity index (χ1n) is 6.12. The highest BCUT2D eigenvalue weighted by Gasteiger charge is 2.34. The van der Waals surface area contributed by atoms with E-state index in [0.29, 0.717) is 13.1 Å². The Morgan fingerprint density at radius 2 is 1.89 bits per heavy atom. The Labute approximate surface area is 109 Å². The minimum absolute atomic E-state index is 0.0227. The predicted molar refractivity (Wildman–Crippen MR) is 66.1 cm³/mol. The quantitative estimate of drug-likeness (QED) is 0.897. The largest absolute Gasteiger partial charge is 0.418 e. The van der Waals surface area contributed by atoms with Gasteiger partial charge in [-0.15, -0.1) is 0 Å². The molecule has 1 aromatic carbocycles. The van der Waals surface area contributed by atoms with Crippen molar-refractivity contribution in [3.8, 4) is 0 Å². The zero-order valence-electron chi connectivity index (χ0n) is 10.5. The molecule has 2 rings (SSSR count). The van der Waals surface area contributed by atoms with Crippen molar-refractivity contribution in [3.63, 3.8) is 0 Å². The van der Waals surface area contributed by atoms with Crippen molar-refractivity contribution in [1.29, 1.82) is 0 Å². The molecule has 19 heavy (non-hydrogen) atoms. The maximum absolute atomic E-state index is 12.9. The molecule has 104 valence electrons. The molecule has 1 N–H and O–H groups in total. The fourth-order valence-corrected chi connectivity index (χ4v) is 2.23. The molecule has 1 saturated heterocycles. The van der Waals surface area contributed by atoms with Gasteiger partial charge in [0.05, 0.1) is 5.56 Å². The van der Waals surface area contributed by atoms with Crippen molar-refractivity contribution in [1.82, 2.24) is 4.90 Å². The summed E-state index contributed by atoms with van der Waals surface area (Å²) in [4.78, 5) is 13.7. The van der Waals surface area contributed by atoms with Gasteiger partial charge in [-0.05, 0) is 31.0 Å². The summed E-state index contributed by atoms with van der Waals surface area (Å²) in [5.74, 6) is -0.328. The van der Waals surface area contributed by atoms with E-state index < -0.39 is 11.7 Å². The normalized spacial score (nSPS) is 15.7. The van der Waals surface area contributed by atoms with Gasteiger partial charge in [-0.3, -0.25) is 4.79 Å². The molecule has 0 bridgehead atoms. The lowest BCUT2D eigenvalue weighted by Crippen LogP contribution is -2.28. The number of nitrogens with zero attached hydrogens (tertiary/aromatic N) is 1. The van der Waals surface area contributed by atoms with Gasteiger partial charge in [-0.25, -0.2) is 0 Å². The van der Waals surface area contributed by atoms with Crippen LogP contribution < -0.4 is 5.32 Å². The second-order valence-electron chi connectivity index (χ2n) is 4.51. The van der Waals surface area contributed by atoms with Crippen molar-refractivity contribution in [2.24, 2.45) is 0 Å². The number of alkyl halides is 3. The van der Waals surface area contributed by atoms with Crippen molar-refractivity contribution in [2.45, 2.75) is 19.0 Å². The Morgan fingerprint density at radius 1 is 1.26 bits per heavy atom. The first-order valence-corrected chi connectivity index (χ1v) is 6.12. The smallest absolute Gasteiger partial charge is 0.388 e. The van der Waals surface area contributed by atoms with E-state index in [2.05, 4.69) is 5.32 Å². The Balaban J connectivity index is 2.34. The number of benzene rings is 1. The van der Waals surface area contributed by atoms with Gasteiger partial charge in [0.1, 0.15) is 0 Å². The SMILES string of the molecule is CNc1ccc(C(=O)N2CCCC2)cc1C(F)(F)F. The van der Waals surface area contributed by atoms with E-state index in [0.717, 1.165) is 18.9 Å². The third-order valence-corrected chi connectivity index (χ3v) is 3.23. The van der Waals surface area contributed by atoms with Crippen molar-refractivity contribution >= 4 is 11.6 Å². The number of amides is 1. The lowest BCUT2D eigenvalue weighted by Gasteiger charge is -2.18. The summed E-state index contributed by atoms with van der Waals surface area (Å²) in [7, 11) is 1.42. The summed E-state index contributed by atoms with van der Waals surface area (Å²) in [5.41, 5.74) is -0.737. The van der Waals surface area contributed by atoms with Crippen molar-refractivity contribution < 1.29 is 18.0 Å². The number of carbonyl (C=O) groups is 1. The van der Waals surface area contributed by atoms with Crippen molar-refractivity contribution in [2.75, 3.05) is 25.5 Å². The van der Waals surface area contributed by atoms with Gasteiger partial charge in [0.15, 0.2) is 0 Å². The van der Waals surface area contributed by atoms with Gasteiger partial charge in [0.2, 0.25) is 0 Å². The van der Waals surface area contributed by atoms with Gasteiger partial charge in [0.25, 0.3) is 5.91 Å². The average molecular weight is 272 g/mol. The van der Waals surface area contributed by atoms with Crippen LogP contribution in [0.15, 0.2) is 18.2 Å². The van der Waals surface area contributed by atoms with Crippen LogP contribution in [0.5, 0.6) is 0 Å². The average Bonchev–Trinajstić information content (AvgIpc) is 2.90. The Hall–Kier alpha value is -1.72. The topological polar surface area (TPSA) is 32.3 Å². The van der Waals surface area contributed by atoms with Crippen LogP contribution in [-0.4, -0.2) is 30.9 Å². The van der Waals surface area contributed by atoms with Gasteiger partial charge in [0, 0.05) is 31.4 Å². The Bertz CT molecular complexity index is 479. The number of hydrogen-bond donors (Lipinski definition) is 1. The predicted octanol–water partition coefficient (Wildman–Crippen LogP) is 2.98. The number of likely N-dealkylation sites (tertiary alicyclic amines) is 1. The zero-order chi connectivity index (χ0) is 14.0. The number of anilines is 1. The maximum Gasteiger partial charge on any atom is 0.418 e. The summed E-state index contributed by atoms with van der Waals surface area (Å²) in [6, 6.07) is 3.65. The molecule has 0 unspecified atom stereocenters. The molecule has 0 saturated carbocycles.